The zero-order chi connectivity index (χ0) is 14.0. The molecule has 1 amide bonds. The SMILES string of the molecule is CC(C)C(CBr)NC(=O)c1nn(C)c2ccccc12. The van der Waals surface area contributed by atoms with Crippen LogP contribution in [0.25, 0.3) is 10.9 Å². The van der Waals surface area contributed by atoms with Gasteiger partial charge >= 0.3 is 0 Å². The summed E-state index contributed by atoms with van der Waals surface area (Å²) >= 11 is 3.43. The summed E-state index contributed by atoms with van der Waals surface area (Å²) < 4.78 is 1.74. The highest BCUT2D eigenvalue weighted by Crippen LogP contribution is 2.17. The van der Waals surface area contributed by atoms with Crippen molar-refractivity contribution in [3.05, 3.63) is 30.0 Å². The van der Waals surface area contributed by atoms with Gasteiger partial charge in [0, 0.05) is 23.8 Å². The Kier molecular flexibility index (Phi) is 4.24. The van der Waals surface area contributed by atoms with Crippen molar-refractivity contribution in [2.75, 3.05) is 5.33 Å². The Labute approximate surface area is 121 Å². The van der Waals surface area contributed by atoms with Gasteiger partial charge in [-0.15, -0.1) is 0 Å². The van der Waals surface area contributed by atoms with E-state index in [1.165, 1.54) is 0 Å². The van der Waals surface area contributed by atoms with E-state index in [1.54, 1.807) is 4.68 Å². The molecule has 2 rings (SSSR count). The normalized spacial score (nSPS) is 12.9. The number of benzene rings is 1. The summed E-state index contributed by atoms with van der Waals surface area (Å²) in [7, 11) is 1.85. The molecular formula is C14H18BrN3O. The lowest BCUT2D eigenvalue weighted by atomic mass is 10.1. The van der Waals surface area contributed by atoms with E-state index in [4.69, 9.17) is 0 Å². The number of nitrogens with zero attached hydrogens (tertiary/aromatic N) is 2. The molecule has 4 nitrogen and oxygen atoms in total. The van der Waals surface area contributed by atoms with Crippen molar-refractivity contribution in [2.45, 2.75) is 19.9 Å². The Morgan fingerprint density at radius 3 is 2.74 bits per heavy atom. The third-order valence-electron chi connectivity index (χ3n) is 3.26. The maximum absolute atomic E-state index is 12.3. The molecule has 1 atom stereocenters. The van der Waals surface area contributed by atoms with Crippen molar-refractivity contribution in [2.24, 2.45) is 13.0 Å². The van der Waals surface area contributed by atoms with Gasteiger partial charge in [-0.2, -0.15) is 5.10 Å². The van der Waals surface area contributed by atoms with Crippen molar-refractivity contribution >= 4 is 32.7 Å². The van der Waals surface area contributed by atoms with Crippen LogP contribution in [-0.4, -0.2) is 27.1 Å². The van der Waals surface area contributed by atoms with E-state index < -0.39 is 0 Å². The molecule has 1 heterocycles. The number of aromatic nitrogens is 2. The smallest absolute Gasteiger partial charge is 0.272 e. The van der Waals surface area contributed by atoms with Gasteiger partial charge in [-0.1, -0.05) is 48.0 Å². The van der Waals surface area contributed by atoms with Crippen molar-refractivity contribution < 1.29 is 4.79 Å². The van der Waals surface area contributed by atoms with Gasteiger partial charge in [0.2, 0.25) is 0 Å². The van der Waals surface area contributed by atoms with Crippen molar-refractivity contribution in [1.82, 2.24) is 15.1 Å². The third kappa shape index (κ3) is 2.81. The van der Waals surface area contributed by atoms with Crippen LogP contribution in [0.2, 0.25) is 0 Å². The number of hydrogen-bond acceptors (Lipinski definition) is 2. The number of hydrogen-bond donors (Lipinski definition) is 1. The molecule has 0 fully saturated rings. The molecule has 2 aromatic rings. The molecule has 0 aliphatic heterocycles. The molecule has 0 spiro atoms. The van der Waals surface area contributed by atoms with Gasteiger partial charge in [-0.05, 0) is 12.0 Å². The number of para-hydroxylation sites is 1. The minimum Gasteiger partial charge on any atom is -0.347 e. The van der Waals surface area contributed by atoms with E-state index in [0.29, 0.717) is 11.6 Å². The maximum atomic E-state index is 12.3. The highest BCUT2D eigenvalue weighted by atomic mass is 79.9. The Morgan fingerprint density at radius 2 is 2.11 bits per heavy atom. The van der Waals surface area contributed by atoms with E-state index in [1.807, 2.05) is 31.3 Å². The third-order valence-corrected chi connectivity index (χ3v) is 3.96. The van der Waals surface area contributed by atoms with Crippen molar-refractivity contribution in [1.29, 1.82) is 0 Å². The predicted molar refractivity (Wildman–Crippen MR) is 80.6 cm³/mol. The van der Waals surface area contributed by atoms with Crippen LogP contribution in [0.3, 0.4) is 0 Å². The molecule has 0 bridgehead atoms. The van der Waals surface area contributed by atoms with Gasteiger partial charge in [0.25, 0.3) is 5.91 Å². The summed E-state index contributed by atoms with van der Waals surface area (Å²) in [6, 6.07) is 7.86. The second-order valence-electron chi connectivity index (χ2n) is 4.97. The van der Waals surface area contributed by atoms with Crippen LogP contribution in [-0.2, 0) is 7.05 Å². The fourth-order valence-electron chi connectivity index (χ4n) is 2.00. The molecular weight excluding hydrogens is 306 g/mol. The highest BCUT2D eigenvalue weighted by molar-refractivity contribution is 9.09. The van der Waals surface area contributed by atoms with Gasteiger partial charge in [0.15, 0.2) is 5.69 Å². The molecule has 0 saturated carbocycles. The Hall–Kier alpha value is -1.36. The predicted octanol–water partition coefficient (Wildman–Crippen LogP) is 2.72. The molecule has 1 aromatic heterocycles. The van der Waals surface area contributed by atoms with Crippen LogP contribution >= 0.6 is 15.9 Å². The van der Waals surface area contributed by atoms with Gasteiger partial charge in [0.1, 0.15) is 0 Å². The molecule has 1 unspecified atom stereocenters. The number of rotatable bonds is 4. The molecule has 0 aliphatic rings. The van der Waals surface area contributed by atoms with E-state index >= 15 is 0 Å². The van der Waals surface area contributed by atoms with E-state index in [9.17, 15) is 4.79 Å². The standard InChI is InChI=1S/C14H18BrN3O/c1-9(2)11(8-15)16-14(19)13-10-6-4-5-7-12(10)18(3)17-13/h4-7,9,11H,8H2,1-3H3,(H,16,19). The summed E-state index contributed by atoms with van der Waals surface area (Å²) in [6.07, 6.45) is 0. The first-order valence-corrected chi connectivity index (χ1v) is 7.45. The summed E-state index contributed by atoms with van der Waals surface area (Å²) in [5, 5.41) is 8.98. The van der Waals surface area contributed by atoms with Crippen LogP contribution < -0.4 is 5.32 Å². The van der Waals surface area contributed by atoms with E-state index in [-0.39, 0.29) is 11.9 Å². The second-order valence-corrected chi connectivity index (χ2v) is 5.62. The highest BCUT2D eigenvalue weighted by Gasteiger charge is 2.20. The lowest BCUT2D eigenvalue weighted by molar-refractivity contribution is 0.0927. The lowest BCUT2D eigenvalue weighted by Gasteiger charge is -2.19. The Bertz CT molecular complexity index is 591. The first-order valence-electron chi connectivity index (χ1n) is 6.33. The van der Waals surface area contributed by atoms with Gasteiger partial charge in [-0.3, -0.25) is 9.48 Å². The molecule has 19 heavy (non-hydrogen) atoms. The zero-order valence-electron chi connectivity index (χ0n) is 11.4. The molecule has 0 radical (unpaired) electrons. The Morgan fingerprint density at radius 1 is 1.42 bits per heavy atom. The largest absolute Gasteiger partial charge is 0.347 e. The Balaban J connectivity index is 2.32. The van der Waals surface area contributed by atoms with E-state index in [0.717, 1.165) is 16.2 Å². The van der Waals surface area contributed by atoms with Crippen LogP contribution in [0, 0.1) is 5.92 Å². The average Bonchev–Trinajstić information content (AvgIpc) is 2.73. The zero-order valence-corrected chi connectivity index (χ0v) is 12.9. The molecule has 1 N–H and O–H groups in total. The van der Waals surface area contributed by atoms with Crippen LogP contribution in [0.1, 0.15) is 24.3 Å². The van der Waals surface area contributed by atoms with Crippen LogP contribution in [0.15, 0.2) is 24.3 Å². The van der Waals surface area contributed by atoms with Gasteiger partial charge < -0.3 is 5.32 Å². The number of carbonyl (C=O) groups excluding carboxylic acids is 1. The quantitative estimate of drug-likeness (QED) is 0.879. The molecule has 102 valence electrons. The summed E-state index contributed by atoms with van der Waals surface area (Å²) in [6.45, 7) is 4.17. The topological polar surface area (TPSA) is 46.9 Å². The molecule has 0 aliphatic carbocycles. The minimum absolute atomic E-state index is 0.105. The molecule has 1 aromatic carbocycles. The average molecular weight is 324 g/mol. The first kappa shape index (κ1) is 14.1. The lowest BCUT2D eigenvalue weighted by Crippen LogP contribution is -2.40. The molecule has 0 saturated heterocycles. The van der Waals surface area contributed by atoms with Gasteiger partial charge in [-0.25, -0.2) is 0 Å². The maximum Gasteiger partial charge on any atom is 0.272 e. The fourth-order valence-corrected chi connectivity index (χ4v) is 2.91. The summed E-state index contributed by atoms with van der Waals surface area (Å²) in [5.74, 6) is 0.258. The molecule has 5 heteroatoms. The van der Waals surface area contributed by atoms with Gasteiger partial charge in [0.05, 0.1) is 5.52 Å². The number of alkyl halides is 1. The van der Waals surface area contributed by atoms with Crippen molar-refractivity contribution in [3.8, 4) is 0 Å². The van der Waals surface area contributed by atoms with Crippen LogP contribution in [0.5, 0.6) is 0 Å². The second kappa shape index (κ2) is 5.74. The number of nitrogens with one attached hydrogen (secondary N) is 1. The van der Waals surface area contributed by atoms with Crippen molar-refractivity contribution in [3.63, 3.8) is 0 Å². The number of amides is 1. The monoisotopic (exact) mass is 323 g/mol. The summed E-state index contributed by atoms with van der Waals surface area (Å²) in [5.41, 5.74) is 1.46. The minimum atomic E-state index is -0.116. The fraction of sp³-hybridized carbons (Fsp3) is 0.429. The number of halogens is 1. The number of carbonyl (C=O) groups is 1. The van der Waals surface area contributed by atoms with E-state index in [2.05, 4.69) is 40.2 Å². The van der Waals surface area contributed by atoms with Crippen LogP contribution in [0.4, 0.5) is 0 Å². The summed E-state index contributed by atoms with van der Waals surface area (Å²) in [4.78, 5) is 12.3. The number of aryl methyl sites for hydroxylation is 1. The first-order chi connectivity index (χ1) is 9.04. The number of fused-ring (bicyclic) bond motifs is 1.